The number of carbonyl (C=O) groups excluding carboxylic acids is 1. The van der Waals surface area contributed by atoms with Crippen molar-refractivity contribution in [2.75, 3.05) is 13.6 Å². The van der Waals surface area contributed by atoms with E-state index in [1.54, 1.807) is 7.05 Å². The van der Waals surface area contributed by atoms with Crippen LogP contribution in [0.4, 0.5) is 0 Å². The van der Waals surface area contributed by atoms with Crippen molar-refractivity contribution >= 4 is 5.91 Å². The van der Waals surface area contributed by atoms with Gasteiger partial charge in [-0.15, -0.1) is 0 Å². The van der Waals surface area contributed by atoms with Crippen LogP contribution in [0.3, 0.4) is 0 Å². The molecule has 1 amide bonds. The Morgan fingerprint density at radius 3 is 2.78 bits per heavy atom. The lowest BCUT2D eigenvalue weighted by molar-refractivity contribution is -0.119. The minimum Gasteiger partial charge on any atom is -0.391 e. The number of carbonyl (C=O) groups is 1. The molecule has 1 atom stereocenters. The molecule has 0 aliphatic heterocycles. The van der Waals surface area contributed by atoms with E-state index in [0.717, 1.165) is 0 Å². The second-order valence-corrected chi connectivity index (χ2v) is 1.88. The summed E-state index contributed by atoms with van der Waals surface area (Å²) in [5, 5.41) is 11.6. The Hall–Kier alpha value is -0.610. The Morgan fingerprint density at radius 1 is 1.89 bits per heavy atom. The molecule has 4 nitrogen and oxygen atoms in total. The van der Waals surface area contributed by atoms with E-state index in [-0.39, 0.29) is 6.42 Å². The molecule has 1 unspecified atom stereocenters. The molecule has 4 N–H and O–H groups in total. The number of nitrogens with one attached hydrogen (secondary N) is 1. The molecule has 4 heteroatoms. The molecule has 0 saturated carbocycles. The normalized spacial score (nSPS) is 13.1. The zero-order chi connectivity index (χ0) is 7.28. The second-order valence-electron chi connectivity index (χ2n) is 1.88. The summed E-state index contributed by atoms with van der Waals surface area (Å²) in [5.74, 6) is -0.474. The van der Waals surface area contributed by atoms with E-state index in [4.69, 9.17) is 10.8 Å². The predicted octanol–water partition coefficient (Wildman–Crippen LogP) is -1.56. The Balaban J connectivity index is 3.26. The molecule has 0 fully saturated rings. The van der Waals surface area contributed by atoms with Gasteiger partial charge in [-0.25, -0.2) is 0 Å². The largest absolute Gasteiger partial charge is 0.391 e. The van der Waals surface area contributed by atoms with Crippen LogP contribution in [0.5, 0.6) is 0 Å². The molecule has 0 aromatic rings. The Kier molecular flexibility index (Phi) is 4.00. The van der Waals surface area contributed by atoms with Crippen LogP contribution in [0.25, 0.3) is 0 Å². The number of hydrogen-bond acceptors (Lipinski definition) is 3. The van der Waals surface area contributed by atoms with Crippen molar-refractivity contribution in [3.63, 3.8) is 0 Å². The average molecular weight is 132 g/mol. The molecule has 0 spiro atoms. The Bertz CT molecular complexity index is 95.0. The van der Waals surface area contributed by atoms with Crippen LogP contribution in [0, 0.1) is 0 Å². The van der Waals surface area contributed by atoms with E-state index in [9.17, 15) is 4.79 Å². The van der Waals surface area contributed by atoms with E-state index in [2.05, 4.69) is 5.32 Å². The summed E-state index contributed by atoms with van der Waals surface area (Å²) >= 11 is 0. The quantitative estimate of drug-likeness (QED) is 0.433. The van der Waals surface area contributed by atoms with Gasteiger partial charge in [-0.05, 0) is 7.05 Å². The summed E-state index contributed by atoms with van der Waals surface area (Å²) in [5.41, 5.74) is 4.80. The summed E-state index contributed by atoms with van der Waals surface area (Å²) in [6.45, 7) is 0.406. The van der Waals surface area contributed by atoms with Crippen LogP contribution in [-0.4, -0.2) is 30.7 Å². The highest BCUT2D eigenvalue weighted by Gasteiger charge is 2.04. The van der Waals surface area contributed by atoms with Crippen molar-refractivity contribution in [3.05, 3.63) is 0 Å². The molecule has 0 aromatic carbocycles. The molecule has 0 bridgehead atoms. The SMILES string of the molecule is CNCC(O)CC(N)=O. The zero-order valence-corrected chi connectivity index (χ0v) is 5.42. The number of primary amides is 1. The van der Waals surface area contributed by atoms with Crippen molar-refractivity contribution < 1.29 is 9.90 Å². The molecule has 0 aromatic heterocycles. The van der Waals surface area contributed by atoms with Gasteiger partial charge in [-0.2, -0.15) is 0 Å². The maximum Gasteiger partial charge on any atom is 0.220 e. The first-order chi connectivity index (χ1) is 4.16. The van der Waals surface area contributed by atoms with Gasteiger partial charge >= 0.3 is 0 Å². The van der Waals surface area contributed by atoms with Gasteiger partial charge in [0.1, 0.15) is 0 Å². The van der Waals surface area contributed by atoms with Gasteiger partial charge in [0.2, 0.25) is 5.91 Å². The Morgan fingerprint density at radius 2 is 2.44 bits per heavy atom. The number of hydrogen-bond donors (Lipinski definition) is 3. The lowest BCUT2D eigenvalue weighted by Gasteiger charge is -2.05. The van der Waals surface area contributed by atoms with Crippen molar-refractivity contribution in [1.29, 1.82) is 0 Å². The first-order valence-electron chi connectivity index (χ1n) is 2.77. The van der Waals surface area contributed by atoms with Gasteiger partial charge < -0.3 is 16.2 Å². The van der Waals surface area contributed by atoms with Gasteiger partial charge in [0.15, 0.2) is 0 Å². The fraction of sp³-hybridized carbons (Fsp3) is 0.800. The van der Waals surface area contributed by atoms with Crippen LogP contribution in [0.1, 0.15) is 6.42 Å². The standard InChI is InChI=1S/C5H12N2O2/c1-7-3-4(8)2-5(6)9/h4,7-8H,2-3H2,1H3,(H2,6,9). The highest BCUT2D eigenvalue weighted by Crippen LogP contribution is 1.85. The lowest BCUT2D eigenvalue weighted by Crippen LogP contribution is -2.28. The van der Waals surface area contributed by atoms with Crippen LogP contribution in [0.15, 0.2) is 0 Å². The van der Waals surface area contributed by atoms with Crippen LogP contribution < -0.4 is 11.1 Å². The maximum atomic E-state index is 10.1. The van der Waals surface area contributed by atoms with Gasteiger partial charge in [0.25, 0.3) is 0 Å². The molecule has 0 aliphatic rings. The first-order valence-corrected chi connectivity index (χ1v) is 2.77. The van der Waals surface area contributed by atoms with Crippen molar-refractivity contribution in [2.24, 2.45) is 5.73 Å². The fourth-order valence-corrected chi connectivity index (χ4v) is 0.540. The molecule has 54 valence electrons. The number of aliphatic hydroxyl groups is 1. The zero-order valence-electron chi connectivity index (χ0n) is 5.42. The number of nitrogens with two attached hydrogens (primary N) is 1. The third-order valence-corrected chi connectivity index (χ3v) is 0.877. The van der Waals surface area contributed by atoms with E-state index in [1.165, 1.54) is 0 Å². The van der Waals surface area contributed by atoms with Crippen LogP contribution >= 0.6 is 0 Å². The van der Waals surface area contributed by atoms with Gasteiger partial charge in [0, 0.05) is 6.54 Å². The molecule has 0 aliphatic carbocycles. The van der Waals surface area contributed by atoms with Gasteiger partial charge in [-0.3, -0.25) is 4.79 Å². The Labute approximate surface area is 54.0 Å². The van der Waals surface area contributed by atoms with Gasteiger partial charge in [-0.1, -0.05) is 0 Å². The van der Waals surface area contributed by atoms with Crippen molar-refractivity contribution in [2.45, 2.75) is 12.5 Å². The number of likely N-dealkylation sites (N-methyl/N-ethyl adjacent to an activating group) is 1. The number of amides is 1. The average Bonchev–Trinajstić information content (AvgIpc) is 1.63. The summed E-state index contributed by atoms with van der Waals surface area (Å²) in [7, 11) is 1.70. The van der Waals surface area contributed by atoms with E-state index >= 15 is 0 Å². The molecular formula is C5H12N2O2. The predicted molar refractivity (Wildman–Crippen MR) is 33.7 cm³/mol. The number of aliphatic hydroxyl groups excluding tert-OH is 1. The summed E-state index contributed by atoms with van der Waals surface area (Å²) < 4.78 is 0. The summed E-state index contributed by atoms with van der Waals surface area (Å²) in [4.78, 5) is 10.1. The maximum absolute atomic E-state index is 10.1. The highest BCUT2D eigenvalue weighted by atomic mass is 16.3. The molecule has 0 radical (unpaired) electrons. The molecule has 0 rings (SSSR count). The highest BCUT2D eigenvalue weighted by molar-refractivity contribution is 5.74. The topological polar surface area (TPSA) is 75.3 Å². The van der Waals surface area contributed by atoms with E-state index < -0.39 is 12.0 Å². The van der Waals surface area contributed by atoms with Gasteiger partial charge in [0.05, 0.1) is 12.5 Å². The molecule has 9 heavy (non-hydrogen) atoms. The van der Waals surface area contributed by atoms with Crippen LogP contribution in [0.2, 0.25) is 0 Å². The van der Waals surface area contributed by atoms with E-state index in [1.807, 2.05) is 0 Å². The summed E-state index contributed by atoms with van der Waals surface area (Å²) in [6.07, 6.45) is -0.617. The molecule has 0 heterocycles. The minimum atomic E-state index is -0.646. The first kappa shape index (κ1) is 8.39. The second kappa shape index (κ2) is 4.29. The van der Waals surface area contributed by atoms with Crippen LogP contribution in [-0.2, 0) is 4.79 Å². The minimum absolute atomic E-state index is 0.0286. The third kappa shape index (κ3) is 5.26. The smallest absolute Gasteiger partial charge is 0.220 e. The molecular weight excluding hydrogens is 120 g/mol. The number of rotatable bonds is 4. The monoisotopic (exact) mass is 132 g/mol. The van der Waals surface area contributed by atoms with E-state index in [0.29, 0.717) is 6.54 Å². The van der Waals surface area contributed by atoms with Crippen molar-refractivity contribution in [1.82, 2.24) is 5.32 Å². The fourth-order valence-electron chi connectivity index (χ4n) is 0.540. The summed E-state index contributed by atoms with van der Waals surface area (Å²) in [6, 6.07) is 0. The molecule has 0 saturated heterocycles. The lowest BCUT2D eigenvalue weighted by atomic mass is 10.2. The van der Waals surface area contributed by atoms with Crippen molar-refractivity contribution in [3.8, 4) is 0 Å². The third-order valence-electron chi connectivity index (χ3n) is 0.877.